The van der Waals surface area contributed by atoms with Crippen LogP contribution < -0.4 is 14.4 Å². The van der Waals surface area contributed by atoms with Gasteiger partial charge in [0.25, 0.3) is 0 Å². The smallest absolute Gasteiger partial charge is 0.244 e. The van der Waals surface area contributed by atoms with Gasteiger partial charge >= 0.3 is 0 Å². The second-order valence-corrected chi connectivity index (χ2v) is 11.0. The number of halogens is 1. The predicted octanol–water partition coefficient (Wildman–Crippen LogP) is 3.47. The van der Waals surface area contributed by atoms with Crippen molar-refractivity contribution in [2.24, 2.45) is 0 Å². The molecule has 0 aliphatic heterocycles. The van der Waals surface area contributed by atoms with Crippen molar-refractivity contribution in [1.82, 2.24) is 10.2 Å². The SMILES string of the molecule is COc1ccc(CN(C(=O)CN(c2ccccc2F)S(C)(=O)=O)C(C)C(=O)NC2CCCCC2)cc1. The van der Waals surface area contributed by atoms with Crippen LogP contribution in [0.15, 0.2) is 48.5 Å². The molecule has 2 aromatic rings. The summed E-state index contributed by atoms with van der Waals surface area (Å²) in [6.07, 6.45) is 5.92. The first-order valence-electron chi connectivity index (χ1n) is 12.0. The fourth-order valence-electron chi connectivity index (χ4n) is 4.33. The highest BCUT2D eigenvalue weighted by Gasteiger charge is 2.31. The molecule has 0 heterocycles. The lowest BCUT2D eigenvalue weighted by molar-refractivity contribution is -0.139. The molecular weight excluding hydrogens is 485 g/mol. The number of amides is 2. The summed E-state index contributed by atoms with van der Waals surface area (Å²) in [6, 6.07) is 11.6. The maximum atomic E-state index is 14.5. The molecule has 1 saturated carbocycles. The predicted molar refractivity (Wildman–Crippen MR) is 137 cm³/mol. The second-order valence-electron chi connectivity index (χ2n) is 9.11. The van der Waals surface area contributed by atoms with Crippen LogP contribution in [0.4, 0.5) is 10.1 Å². The molecule has 1 fully saturated rings. The minimum Gasteiger partial charge on any atom is -0.497 e. The van der Waals surface area contributed by atoms with Gasteiger partial charge in [-0.1, -0.05) is 43.5 Å². The normalized spacial score (nSPS) is 15.1. The molecule has 8 nitrogen and oxygen atoms in total. The molecule has 1 N–H and O–H groups in total. The van der Waals surface area contributed by atoms with Crippen LogP contribution in [0.1, 0.15) is 44.6 Å². The number of hydrogen-bond donors (Lipinski definition) is 1. The van der Waals surface area contributed by atoms with Crippen molar-refractivity contribution >= 4 is 27.5 Å². The van der Waals surface area contributed by atoms with E-state index in [1.807, 2.05) is 0 Å². The summed E-state index contributed by atoms with van der Waals surface area (Å²) in [5.41, 5.74) is 0.510. The van der Waals surface area contributed by atoms with Crippen molar-refractivity contribution in [3.05, 3.63) is 59.9 Å². The van der Waals surface area contributed by atoms with Gasteiger partial charge in [-0.2, -0.15) is 0 Å². The number of benzene rings is 2. The number of sulfonamides is 1. The highest BCUT2D eigenvalue weighted by atomic mass is 32.2. The van der Waals surface area contributed by atoms with Crippen molar-refractivity contribution in [1.29, 1.82) is 0 Å². The molecule has 10 heteroatoms. The molecule has 2 amide bonds. The third-order valence-electron chi connectivity index (χ3n) is 6.43. The van der Waals surface area contributed by atoms with E-state index in [1.54, 1.807) is 38.3 Å². The molecule has 0 saturated heterocycles. The maximum absolute atomic E-state index is 14.5. The van der Waals surface area contributed by atoms with Crippen molar-refractivity contribution in [2.75, 3.05) is 24.2 Å². The van der Waals surface area contributed by atoms with Gasteiger partial charge in [0.1, 0.15) is 24.2 Å². The Labute approximate surface area is 212 Å². The summed E-state index contributed by atoms with van der Waals surface area (Å²) >= 11 is 0. The summed E-state index contributed by atoms with van der Waals surface area (Å²) in [5, 5.41) is 3.04. The van der Waals surface area contributed by atoms with Crippen LogP contribution >= 0.6 is 0 Å². The molecule has 0 aromatic heterocycles. The number of anilines is 1. The quantitative estimate of drug-likeness (QED) is 0.519. The van der Waals surface area contributed by atoms with E-state index in [4.69, 9.17) is 4.74 Å². The third-order valence-corrected chi connectivity index (χ3v) is 7.56. The summed E-state index contributed by atoms with van der Waals surface area (Å²) in [4.78, 5) is 28.0. The van der Waals surface area contributed by atoms with E-state index in [2.05, 4.69) is 5.32 Å². The van der Waals surface area contributed by atoms with Gasteiger partial charge < -0.3 is 15.0 Å². The molecule has 2 aromatic carbocycles. The van der Waals surface area contributed by atoms with Crippen LogP contribution in [0.3, 0.4) is 0 Å². The van der Waals surface area contributed by atoms with Gasteiger partial charge in [-0.25, -0.2) is 12.8 Å². The van der Waals surface area contributed by atoms with E-state index in [0.717, 1.165) is 54.3 Å². The number of rotatable bonds is 10. The Bertz CT molecular complexity index is 1150. The fraction of sp³-hybridized carbons (Fsp3) is 0.462. The largest absolute Gasteiger partial charge is 0.497 e. The van der Waals surface area contributed by atoms with Crippen molar-refractivity contribution in [3.8, 4) is 5.75 Å². The minimum absolute atomic E-state index is 0.0533. The lowest BCUT2D eigenvalue weighted by Crippen LogP contribution is -2.53. The van der Waals surface area contributed by atoms with Gasteiger partial charge in [0, 0.05) is 12.6 Å². The number of methoxy groups -OCH3 is 1. The Hall–Kier alpha value is -3.14. The van der Waals surface area contributed by atoms with E-state index < -0.39 is 34.3 Å². The average Bonchev–Trinajstić information content (AvgIpc) is 2.86. The first-order valence-corrected chi connectivity index (χ1v) is 13.9. The number of carbonyl (C=O) groups excluding carboxylic acids is 2. The van der Waals surface area contributed by atoms with Gasteiger partial charge in [-0.15, -0.1) is 0 Å². The zero-order valence-electron chi connectivity index (χ0n) is 20.9. The highest BCUT2D eigenvalue weighted by molar-refractivity contribution is 7.92. The summed E-state index contributed by atoms with van der Waals surface area (Å²) in [5.74, 6) is -1.05. The van der Waals surface area contributed by atoms with Gasteiger partial charge in [-0.05, 0) is 49.6 Å². The average molecular weight is 520 g/mol. The van der Waals surface area contributed by atoms with Crippen LogP contribution in [-0.4, -0.2) is 57.1 Å². The Morgan fingerprint density at radius 2 is 1.72 bits per heavy atom. The van der Waals surface area contributed by atoms with E-state index in [0.29, 0.717) is 5.75 Å². The second kappa shape index (κ2) is 12.2. The summed E-state index contributed by atoms with van der Waals surface area (Å²) < 4.78 is 45.5. The first kappa shape index (κ1) is 27.4. The highest BCUT2D eigenvalue weighted by Crippen LogP contribution is 2.23. The molecule has 36 heavy (non-hydrogen) atoms. The lowest BCUT2D eigenvalue weighted by Gasteiger charge is -2.33. The van der Waals surface area contributed by atoms with E-state index in [-0.39, 0.29) is 24.2 Å². The zero-order chi connectivity index (χ0) is 26.3. The van der Waals surface area contributed by atoms with E-state index in [1.165, 1.54) is 23.1 Å². The topological polar surface area (TPSA) is 96.0 Å². The van der Waals surface area contributed by atoms with Crippen LogP contribution in [-0.2, 0) is 26.2 Å². The van der Waals surface area contributed by atoms with Gasteiger partial charge in [0.05, 0.1) is 19.1 Å². The maximum Gasteiger partial charge on any atom is 0.244 e. The van der Waals surface area contributed by atoms with E-state index in [9.17, 15) is 22.4 Å². The van der Waals surface area contributed by atoms with Gasteiger partial charge in [0.15, 0.2) is 0 Å². The van der Waals surface area contributed by atoms with Crippen molar-refractivity contribution < 1.29 is 27.1 Å². The number of ether oxygens (including phenoxy) is 1. The number of carbonyl (C=O) groups is 2. The van der Waals surface area contributed by atoms with E-state index >= 15 is 0 Å². The Kier molecular flexibility index (Phi) is 9.31. The third kappa shape index (κ3) is 7.19. The molecule has 1 atom stereocenters. The molecule has 1 aliphatic rings. The molecule has 0 radical (unpaired) electrons. The fourth-order valence-corrected chi connectivity index (χ4v) is 5.18. The molecule has 3 rings (SSSR count). The van der Waals surface area contributed by atoms with Crippen molar-refractivity contribution in [3.63, 3.8) is 0 Å². The number of nitrogens with zero attached hydrogens (tertiary/aromatic N) is 2. The van der Waals surface area contributed by atoms with Crippen LogP contribution in [0.2, 0.25) is 0 Å². The molecule has 1 unspecified atom stereocenters. The Balaban J connectivity index is 1.87. The minimum atomic E-state index is -3.99. The number of nitrogens with one attached hydrogen (secondary N) is 1. The van der Waals surface area contributed by atoms with Crippen LogP contribution in [0, 0.1) is 5.82 Å². The first-order chi connectivity index (χ1) is 17.1. The van der Waals surface area contributed by atoms with Crippen molar-refractivity contribution in [2.45, 2.75) is 57.7 Å². The van der Waals surface area contributed by atoms with Gasteiger partial charge in [-0.3, -0.25) is 13.9 Å². The molecule has 1 aliphatic carbocycles. The van der Waals surface area contributed by atoms with Crippen LogP contribution in [0.5, 0.6) is 5.75 Å². The Morgan fingerprint density at radius 1 is 1.08 bits per heavy atom. The standard InChI is InChI=1S/C26H34FN3O5S/c1-19(26(32)28-21-9-5-4-6-10-21)29(17-20-13-15-22(35-2)16-14-20)25(31)18-30(36(3,33)34)24-12-8-7-11-23(24)27/h7-8,11-16,19,21H,4-6,9-10,17-18H2,1-3H3,(H,28,32). The zero-order valence-corrected chi connectivity index (χ0v) is 21.8. The van der Waals surface area contributed by atoms with Gasteiger partial charge in [0.2, 0.25) is 21.8 Å². The number of hydrogen-bond acceptors (Lipinski definition) is 5. The Morgan fingerprint density at radius 3 is 2.31 bits per heavy atom. The molecule has 0 spiro atoms. The monoisotopic (exact) mass is 519 g/mol. The number of para-hydroxylation sites is 1. The molecule has 196 valence electrons. The van der Waals surface area contributed by atoms with Crippen LogP contribution in [0.25, 0.3) is 0 Å². The summed E-state index contributed by atoms with van der Waals surface area (Å²) in [6.45, 7) is 1.04. The lowest BCUT2D eigenvalue weighted by atomic mass is 9.95. The summed E-state index contributed by atoms with van der Waals surface area (Å²) in [7, 11) is -2.44. The molecular formula is C26H34FN3O5S. The molecule has 0 bridgehead atoms.